The van der Waals surface area contributed by atoms with Gasteiger partial charge >= 0.3 is 0 Å². The second-order valence-electron chi connectivity index (χ2n) is 9.95. The molecule has 2 amide bonds. The molecule has 1 fully saturated rings. The van der Waals surface area contributed by atoms with Crippen LogP contribution in [0.4, 0.5) is 0 Å². The van der Waals surface area contributed by atoms with Crippen LogP contribution in [0.3, 0.4) is 0 Å². The minimum absolute atomic E-state index is 0.00328. The molecule has 1 aromatic carbocycles. The molecule has 198 valence electrons. The van der Waals surface area contributed by atoms with Crippen molar-refractivity contribution in [1.29, 1.82) is 0 Å². The first-order valence-corrected chi connectivity index (χ1v) is 14.2. The Morgan fingerprint density at radius 2 is 1.86 bits per heavy atom. The molecule has 37 heavy (non-hydrogen) atoms. The van der Waals surface area contributed by atoms with Crippen LogP contribution in [0, 0.1) is 0 Å². The van der Waals surface area contributed by atoms with Crippen LogP contribution in [0.1, 0.15) is 48.1 Å². The predicted octanol–water partition coefficient (Wildman–Crippen LogP) is 2.03. The van der Waals surface area contributed by atoms with Crippen molar-refractivity contribution in [2.24, 2.45) is 12.8 Å². The number of hydrogen-bond acceptors (Lipinski definition) is 7. The van der Waals surface area contributed by atoms with E-state index in [0.717, 1.165) is 32.5 Å². The minimum Gasteiger partial charge on any atom is -0.349 e. The van der Waals surface area contributed by atoms with Crippen molar-refractivity contribution in [3.63, 3.8) is 0 Å². The van der Waals surface area contributed by atoms with E-state index in [1.807, 2.05) is 45.0 Å². The fourth-order valence-electron chi connectivity index (χ4n) is 4.20. The van der Waals surface area contributed by atoms with Crippen LogP contribution in [0.15, 0.2) is 52.1 Å². The largest absolute Gasteiger partial charge is 0.349 e. The molecule has 3 N–H and O–H groups in total. The predicted molar refractivity (Wildman–Crippen MR) is 141 cm³/mol. The van der Waals surface area contributed by atoms with Gasteiger partial charge in [0.2, 0.25) is 0 Å². The summed E-state index contributed by atoms with van der Waals surface area (Å²) in [6, 6.07) is 12.3. The average Bonchev–Trinajstić information content (AvgIpc) is 3.61. The summed E-state index contributed by atoms with van der Waals surface area (Å²) in [5.41, 5.74) is 8.18. The number of carbonyl (C=O) groups excluding carboxylic acids is 2. The lowest BCUT2D eigenvalue weighted by molar-refractivity contribution is -0.127. The second-order valence-corrected chi connectivity index (χ2v) is 13.0. The molecule has 3 heterocycles. The zero-order valence-corrected chi connectivity index (χ0v) is 23.0. The van der Waals surface area contributed by atoms with E-state index in [0.29, 0.717) is 6.54 Å². The van der Waals surface area contributed by atoms with E-state index in [9.17, 15) is 18.0 Å². The van der Waals surface area contributed by atoms with Gasteiger partial charge in [0, 0.05) is 38.6 Å². The molecule has 1 atom stereocenters. The van der Waals surface area contributed by atoms with Gasteiger partial charge in [0.25, 0.3) is 21.8 Å². The van der Waals surface area contributed by atoms with Crippen molar-refractivity contribution in [1.82, 2.24) is 24.3 Å². The summed E-state index contributed by atoms with van der Waals surface area (Å²) in [7, 11) is -2.34. The van der Waals surface area contributed by atoms with Crippen LogP contribution in [0.2, 0.25) is 0 Å². The number of nitrogens with one attached hydrogen (secondary N) is 1. The molecular formula is C25H32N6O4S2. The number of benzene rings is 1. The van der Waals surface area contributed by atoms with Crippen LogP contribution in [-0.2, 0) is 40.4 Å². The number of hydrogen-bond donors (Lipinski definition) is 2. The maximum atomic E-state index is 13.7. The number of aromatic nitrogens is 2. The van der Waals surface area contributed by atoms with Crippen LogP contribution < -0.4 is 11.1 Å². The van der Waals surface area contributed by atoms with E-state index in [1.165, 1.54) is 15.6 Å². The van der Waals surface area contributed by atoms with E-state index >= 15 is 0 Å². The van der Waals surface area contributed by atoms with Gasteiger partial charge in [0.15, 0.2) is 6.17 Å². The van der Waals surface area contributed by atoms with Crippen LogP contribution in [-0.4, -0.2) is 58.5 Å². The zero-order chi connectivity index (χ0) is 27.0. The summed E-state index contributed by atoms with van der Waals surface area (Å²) in [4.78, 5) is 28.5. The number of carbonyl (C=O) groups is 2. The Labute approximate surface area is 221 Å². The number of aryl methyl sites for hydroxylation is 1. The Kier molecular flexibility index (Phi) is 7.56. The highest BCUT2D eigenvalue weighted by atomic mass is 32.2. The molecule has 0 spiro atoms. The van der Waals surface area contributed by atoms with Crippen molar-refractivity contribution in [2.45, 2.75) is 49.7 Å². The maximum Gasteiger partial charge on any atom is 0.273 e. The van der Waals surface area contributed by atoms with Crippen molar-refractivity contribution in [2.75, 3.05) is 13.1 Å². The summed E-state index contributed by atoms with van der Waals surface area (Å²) in [6.07, 6.45) is -1.34. The normalized spacial score (nSPS) is 16.8. The third-order valence-electron chi connectivity index (χ3n) is 6.24. The van der Waals surface area contributed by atoms with E-state index in [2.05, 4.69) is 10.4 Å². The van der Waals surface area contributed by atoms with Crippen molar-refractivity contribution >= 4 is 33.2 Å². The lowest BCUT2D eigenvalue weighted by atomic mass is 9.92. The van der Waals surface area contributed by atoms with Crippen molar-refractivity contribution in [3.8, 4) is 0 Å². The third-order valence-corrected chi connectivity index (χ3v) is 9.47. The molecule has 1 aliphatic heterocycles. The Morgan fingerprint density at radius 3 is 2.49 bits per heavy atom. The highest BCUT2D eigenvalue weighted by molar-refractivity contribution is 7.91. The SMILES string of the molecule is Cn1nc(C(C)(C)C)cc1C(=O)N1CCN(S(=O)(=O)c2cccs2)C1C(=O)NCc1cccc(CN)c1. The Hall–Kier alpha value is -3.06. The van der Waals surface area contributed by atoms with Gasteiger partial charge in [-0.2, -0.15) is 9.40 Å². The fraction of sp³-hybridized carbons (Fsp3) is 0.400. The third kappa shape index (κ3) is 5.47. The smallest absolute Gasteiger partial charge is 0.273 e. The summed E-state index contributed by atoms with van der Waals surface area (Å²) >= 11 is 1.07. The summed E-state index contributed by atoms with van der Waals surface area (Å²) in [5.74, 6) is -1.04. The first-order valence-electron chi connectivity index (χ1n) is 11.9. The molecule has 12 heteroatoms. The number of nitrogens with two attached hydrogens (primary N) is 1. The van der Waals surface area contributed by atoms with Gasteiger partial charge in [-0.1, -0.05) is 51.1 Å². The molecule has 0 radical (unpaired) electrons. The molecule has 1 saturated heterocycles. The molecule has 2 aromatic heterocycles. The molecule has 4 rings (SSSR count). The van der Waals surface area contributed by atoms with Gasteiger partial charge in [-0.15, -0.1) is 11.3 Å². The van der Waals surface area contributed by atoms with E-state index in [1.54, 1.807) is 24.6 Å². The first kappa shape index (κ1) is 27.0. The lowest BCUT2D eigenvalue weighted by Crippen LogP contribution is -2.53. The van der Waals surface area contributed by atoms with Crippen LogP contribution in [0.25, 0.3) is 0 Å². The highest BCUT2D eigenvalue weighted by Crippen LogP contribution is 2.29. The molecule has 1 unspecified atom stereocenters. The number of amides is 2. The molecule has 0 aliphatic carbocycles. The molecular weight excluding hydrogens is 512 g/mol. The minimum atomic E-state index is -4.00. The first-order chi connectivity index (χ1) is 17.4. The van der Waals surface area contributed by atoms with Gasteiger partial charge in [-0.05, 0) is 28.6 Å². The van der Waals surface area contributed by atoms with Crippen molar-refractivity contribution in [3.05, 3.63) is 70.4 Å². The fourth-order valence-corrected chi connectivity index (χ4v) is 6.86. The van der Waals surface area contributed by atoms with E-state index in [4.69, 9.17) is 5.73 Å². The Balaban J connectivity index is 1.66. The molecule has 3 aromatic rings. The second kappa shape index (κ2) is 10.4. The molecule has 10 nitrogen and oxygen atoms in total. The van der Waals surface area contributed by atoms with Crippen LogP contribution >= 0.6 is 11.3 Å². The van der Waals surface area contributed by atoms with Crippen LogP contribution in [0.5, 0.6) is 0 Å². The quantitative estimate of drug-likeness (QED) is 0.468. The summed E-state index contributed by atoms with van der Waals surface area (Å²) < 4.78 is 29.6. The number of rotatable bonds is 7. The number of nitrogens with zero attached hydrogens (tertiary/aromatic N) is 4. The topological polar surface area (TPSA) is 131 Å². The van der Waals surface area contributed by atoms with Gasteiger partial charge in [0.05, 0.1) is 5.69 Å². The van der Waals surface area contributed by atoms with E-state index in [-0.39, 0.29) is 35.0 Å². The summed E-state index contributed by atoms with van der Waals surface area (Å²) in [5, 5.41) is 8.96. The van der Waals surface area contributed by atoms with Gasteiger partial charge < -0.3 is 16.0 Å². The zero-order valence-electron chi connectivity index (χ0n) is 21.3. The van der Waals surface area contributed by atoms with E-state index < -0.39 is 28.0 Å². The molecule has 0 saturated carbocycles. The Morgan fingerprint density at radius 1 is 1.14 bits per heavy atom. The van der Waals surface area contributed by atoms with Crippen molar-refractivity contribution < 1.29 is 18.0 Å². The van der Waals surface area contributed by atoms with Gasteiger partial charge in [0.1, 0.15) is 9.90 Å². The number of thiophene rings is 1. The Bertz CT molecular complexity index is 1390. The highest BCUT2D eigenvalue weighted by Gasteiger charge is 2.47. The lowest BCUT2D eigenvalue weighted by Gasteiger charge is -2.28. The van der Waals surface area contributed by atoms with Gasteiger partial charge in [-0.3, -0.25) is 14.3 Å². The molecule has 0 bridgehead atoms. The standard InChI is InChI=1S/C25H32N6O4S2/c1-25(2,3)20-14-19(29(4)28-20)24(33)30-10-11-31(37(34,35)21-9-6-12-36-21)23(30)22(32)27-16-18-8-5-7-17(13-18)15-26/h5-9,12-14,23H,10-11,15-16,26H2,1-4H3,(H,27,32). The molecule has 1 aliphatic rings. The summed E-state index contributed by atoms with van der Waals surface area (Å²) in [6.45, 7) is 6.57. The monoisotopic (exact) mass is 544 g/mol. The maximum absolute atomic E-state index is 13.7. The average molecular weight is 545 g/mol. The number of sulfonamides is 1. The van der Waals surface area contributed by atoms with Gasteiger partial charge in [-0.25, -0.2) is 8.42 Å².